The molecule has 13 heteroatoms. The molecule has 0 bridgehead atoms. The molecule has 0 aliphatic heterocycles. The van der Waals surface area contributed by atoms with Crippen molar-refractivity contribution in [3.8, 4) is 0 Å². The molecule has 1 N–H and O–H groups in total. The summed E-state index contributed by atoms with van der Waals surface area (Å²) in [6.45, 7) is 11.7. The second-order valence-corrected chi connectivity index (χ2v) is 19.6. The Kier molecular flexibility index (Phi) is 43.7. The summed E-state index contributed by atoms with van der Waals surface area (Å²) in [7, 11) is 0. The fraction of sp³-hybridized carbons (Fsp3) is 0.893. The van der Waals surface area contributed by atoms with E-state index in [1.165, 1.54) is 0 Å². The van der Waals surface area contributed by atoms with Crippen molar-refractivity contribution in [1.29, 1.82) is 0 Å². The molecule has 3 unspecified atom stereocenters. The van der Waals surface area contributed by atoms with Gasteiger partial charge in [0.25, 0.3) is 0 Å². The zero-order valence-corrected chi connectivity index (χ0v) is 44.9. The third kappa shape index (κ3) is 36.4. The summed E-state index contributed by atoms with van der Waals surface area (Å²) in [5.74, 6) is -2.49. The molecule has 0 saturated carbocycles. The van der Waals surface area contributed by atoms with Crippen molar-refractivity contribution in [2.24, 2.45) is 23.2 Å². The Hall–Kier alpha value is -3.22. The van der Waals surface area contributed by atoms with Gasteiger partial charge in [0.05, 0.1) is 49.6 Å². The normalized spacial score (nSPS) is 13.4. The van der Waals surface area contributed by atoms with Gasteiger partial charge in [-0.25, -0.2) is 0 Å². The average Bonchev–Trinajstić information content (AvgIpc) is 3.35. The van der Waals surface area contributed by atoms with Crippen LogP contribution in [0, 0.1) is 23.2 Å². The minimum Gasteiger partial charge on any atom is -0.465 e. The third-order valence-electron chi connectivity index (χ3n) is 12.9. The molecule has 0 rings (SSSR count). The molecule has 13 nitrogen and oxygen atoms in total. The summed E-state index contributed by atoms with van der Waals surface area (Å²) in [5, 5.41) is 10.6. The van der Waals surface area contributed by atoms with Gasteiger partial charge in [0.15, 0.2) is 0 Å². The van der Waals surface area contributed by atoms with Crippen LogP contribution in [0.3, 0.4) is 0 Å². The molecule has 0 aliphatic carbocycles. The van der Waals surface area contributed by atoms with E-state index in [-0.39, 0.29) is 94.6 Å². The van der Waals surface area contributed by atoms with Crippen molar-refractivity contribution in [1.82, 2.24) is 0 Å². The van der Waals surface area contributed by atoms with Crippen LogP contribution in [0.4, 0.5) is 0 Å². The van der Waals surface area contributed by atoms with Crippen LogP contribution in [0.1, 0.15) is 253 Å². The molecule has 3 atom stereocenters. The van der Waals surface area contributed by atoms with Gasteiger partial charge < -0.3 is 33.5 Å². The van der Waals surface area contributed by atoms with Crippen LogP contribution in [0.5, 0.6) is 0 Å². The van der Waals surface area contributed by atoms with Gasteiger partial charge in [-0.3, -0.25) is 28.8 Å². The Morgan fingerprint density at radius 2 is 0.594 bits per heavy atom. The number of hydrogen-bond donors (Lipinski definition) is 1. The minimum atomic E-state index is -1.42. The quantitative estimate of drug-likeness (QED) is 0.0346. The molecular formula is C56H102O13. The Bertz CT molecular complexity index is 1150. The maximum absolute atomic E-state index is 12.9. The number of ether oxygens (including phenoxy) is 6. The highest BCUT2D eigenvalue weighted by molar-refractivity contribution is 5.73. The Morgan fingerprint density at radius 3 is 0.841 bits per heavy atom. The molecule has 0 saturated heterocycles. The monoisotopic (exact) mass is 983 g/mol. The minimum absolute atomic E-state index is 0.0421. The highest BCUT2D eigenvalue weighted by atomic mass is 16.6. The predicted octanol–water partition coefficient (Wildman–Crippen LogP) is 13.1. The van der Waals surface area contributed by atoms with Crippen molar-refractivity contribution in [3.63, 3.8) is 0 Å². The number of carbonyl (C=O) groups excluding carboxylic acids is 6. The second-order valence-electron chi connectivity index (χ2n) is 19.6. The summed E-state index contributed by atoms with van der Waals surface area (Å²) in [4.78, 5) is 77.3. The SMILES string of the molecule is CCCCCCC(CCCC)C(=O)OCCCCC(=O)OCC(CO)(COC(=O)CCCCOC(=O)C(CCCC)CCCCCC)COC(=O)CCCCOC(=O)C(CCCC)CCCCCC. The number of aliphatic hydroxyl groups is 1. The Labute approximate surface area is 419 Å². The number of aliphatic hydroxyl groups excluding tert-OH is 1. The van der Waals surface area contributed by atoms with Crippen LogP contribution in [0.25, 0.3) is 0 Å². The standard InChI is InChI=1S/C56H102O13/c1-7-13-19-22-34-47(31-16-10-4)53(61)64-40-28-25-37-50(58)67-44-56(43-57,45-68-51(59)38-26-29-41-65-54(62)48(32-17-11-5)35-23-20-14-8-2)46-69-52(60)39-27-30-42-66-55(63)49(33-18-12-6)36-24-21-15-9-3/h47-49,57H,7-46H2,1-6H3. The van der Waals surface area contributed by atoms with Crippen LogP contribution in [-0.2, 0) is 57.2 Å². The molecule has 0 aromatic heterocycles. The number of esters is 6. The Balaban J connectivity index is 5.30. The topological polar surface area (TPSA) is 178 Å². The number of carbonyl (C=O) groups is 6. The lowest BCUT2D eigenvalue weighted by Crippen LogP contribution is -2.42. The average molecular weight is 983 g/mol. The van der Waals surface area contributed by atoms with E-state index < -0.39 is 29.9 Å². The van der Waals surface area contributed by atoms with Crippen LogP contribution < -0.4 is 0 Å². The van der Waals surface area contributed by atoms with E-state index in [4.69, 9.17) is 28.4 Å². The lowest BCUT2D eigenvalue weighted by Gasteiger charge is -2.30. The molecule has 0 aromatic carbocycles. The van der Waals surface area contributed by atoms with Gasteiger partial charge in [-0.15, -0.1) is 0 Å². The van der Waals surface area contributed by atoms with E-state index in [2.05, 4.69) is 41.5 Å². The van der Waals surface area contributed by atoms with Crippen molar-refractivity contribution in [2.75, 3.05) is 46.2 Å². The van der Waals surface area contributed by atoms with Crippen LogP contribution >= 0.6 is 0 Å². The third-order valence-corrected chi connectivity index (χ3v) is 12.9. The molecule has 0 amide bonds. The first-order chi connectivity index (χ1) is 33.5. The summed E-state index contributed by atoms with van der Waals surface area (Å²) in [5.41, 5.74) is -1.42. The van der Waals surface area contributed by atoms with Gasteiger partial charge >= 0.3 is 35.8 Å². The van der Waals surface area contributed by atoms with Crippen molar-refractivity contribution < 1.29 is 62.3 Å². The van der Waals surface area contributed by atoms with Crippen LogP contribution in [0.15, 0.2) is 0 Å². The van der Waals surface area contributed by atoms with E-state index in [0.717, 1.165) is 154 Å². The summed E-state index contributed by atoms with van der Waals surface area (Å²) in [6, 6.07) is 0. The van der Waals surface area contributed by atoms with E-state index in [0.29, 0.717) is 38.5 Å². The van der Waals surface area contributed by atoms with Gasteiger partial charge in [-0.05, 0) is 77.0 Å². The summed E-state index contributed by atoms with van der Waals surface area (Å²) < 4.78 is 33.6. The maximum Gasteiger partial charge on any atom is 0.308 e. The van der Waals surface area contributed by atoms with Gasteiger partial charge in [-0.1, -0.05) is 157 Å². The molecule has 0 spiro atoms. The highest BCUT2D eigenvalue weighted by Gasteiger charge is 2.35. The number of rotatable bonds is 49. The first kappa shape index (κ1) is 65.8. The second kappa shape index (κ2) is 45.9. The largest absolute Gasteiger partial charge is 0.465 e. The van der Waals surface area contributed by atoms with Gasteiger partial charge in [0, 0.05) is 19.3 Å². The van der Waals surface area contributed by atoms with Crippen LogP contribution in [0.2, 0.25) is 0 Å². The molecule has 0 aromatic rings. The number of hydrogen-bond acceptors (Lipinski definition) is 13. The van der Waals surface area contributed by atoms with Gasteiger partial charge in [0.1, 0.15) is 19.8 Å². The smallest absolute Gasteiger partial charge is 0.308 e. The maximum atomic E-state index is 12.9. The van der Waals surface area contributed by atoms with Gasteiger partial charge in [0.2, 0.25) is 0 Å². The highest BCUT2D eigenvalue weighted by Crippen LogP contribution is 2.24. The summed E-state index contributed by atoms with van der Waals surface area (Å²) >= 11 is 0. The lowest BCUT2D eigenvalue weighted by atomic mass is 9.92. The Morgan fingerprint density at radius 1 is 0.333 bits per heavy atom. The summed E-state index contributed by atoms with van der Waals surface area (Å²) in [6.07, 6.45) is 26.9. The van der Waals surface area contributed by atoms with E-state index in [1.807, 2.05) is 0 Å². The molecule has 69 heavy (non-hydrogen) atoms. The van der Waals surface area contributed by atoms with E-state index >= 15 is 0 Å². The fourth-order valence-electron chi connectivity index (χ4n) is 8.11. The molecule has 0 radical (unpaired) electrons. The lowest BCUT2D eigenvalue weighted by molar-refractivity contribution is -0.165. The predicted molar refractivity (Wildman–Crippen MR) is 272 cm³/mol. The van der Waals surface area contributed by atoms with E-state index in [1.54, 1.807) is 0 Å². The first-order valence-electron chi connectivity index (χ1n) is 28.0. The van der Waals surface area contributed by atoms with Crippen molar-refractivity contribution in [3.05, 3.63) is 0 Å². The van der Waals surface area contributed by atoms with Crippen LogP contribution in [-0.4, -0.2) is 87.2 Å². The molecular weight excluding hydrogens is 881 g/mol. The van der Waals surface area contributed by atoms with Crippen molar-refractivity contribution in [2.45, 2.75) is 253 Å². The molecule has 0 heterocycles. The zero-order chi connectivity index (χ0) is 51.2. The zero-order valence-electron chi connectivity index (χ0n) is 44.9. The van der Waals surface area contributed by atoms with Gasteiger partial charge in [-0.2, -0.15) is 0 Å². The molecule has 0 fully saturated rings. The fourth-order valence-corrected chi connectivity index (χ4v) is 8.11. The molecule has 0 aliphatic rings. The molecule has 404 valence electrons. The number of unbranched alkanes of at least 4 members (excludes halogenated alkanes) is 15. The van der Waals surface area contributed by atoms with E-state index in [9.17, 15) is 33.9 Å². The van der Waals surface area contributed by atoms with Crippen molar-refractivity contribution >= 4 is 35.8 Å². The first-order valence-corrected chi connectivity index (χ1v) is 28.0.